The Labute approximate surface area is 170 Å². The second kappa shape index (κ2) is 8.57. The van der Waals surface area contributed by atoms with Crippen LogP contribution in [-0.4, -0.2) is 35.1 Å². The van der Waals surface area contributed by atoms with Crippen LogP contribution in [0.1, 0.15) is 30.0 Å². The predicted octanol–water partition coefficient (Wildman–Crippen LogP) is 4.25. The third kappa shape index (κ3) is 4.54. The lowest BCUT2D eigenvalue weighted by Gasteiger charge is -2.33. The SMILES string of the molecule is COc1ccc(CN2CCC[C@@H](c3nc(N)ncc3-c3ccc(F)cc3)C2)cc1. The van der Waals surface area contributed by atoms with Crippen molar-refractivity contribution in [3.8, 4) is 16.9 Å². The molecule has 0 bridgehead atoms. The van der Waals surface area contributed by atoms with Crippen molar-refractivity contribution in [2.75, 3.05) is 25.9 Å². The lowest BCUT2D eigenvalue weighted by atomic mass is 9.89. The lowest BCUT2D eigenvalue weighted by Crippen LogP contribution is -2.34. The van der Waals surface area contributed by atoms with E-state index in [0.29, 0.717) is 0 Å². The Bertz CT molecular complexity index is 960. The zero-order chi connectivity index (χ0) is 20.2. The summed E-state index contributed by atoms with van der Waals surface area (Å²) in [6.07, 6.45) is 3.89. The molecule has 0 spiro atoms. The van der Waals surface area contributed by atoms with Crippen LogP contribution in [0.15, 0.2) is 54.7 Å². The molecule has 0 amide bonds. The highest BCUT2D eigenvalue weighted by Crippen LogP contribution is 2.34. The van der Waals surface area contributed by atoms with E-state index < -0.39 is 0 Å². The van der Waals surface area contributed by atoms with E-state index in [4.69, 9.17) is 10.5 Å². The maximum atomic E-state index is 13.4. The average molecular weight is 392 g/mol. The molecule has 150 valence electrons. The minimum Gasteiger partial charge on any atom is -0.497 e. The fourth-order valence-corrected chi connectivity index (χ4v) is 3.98. The molecule has 2 heterocycles. The van der Waals surface area contributed by atoms with Gasteiger partial charge in [-0.2, -0.15) is 0 Å². The number of benzene rings is 2. The minimum absolute atomic E-state index is 0.255. The summed E-state index contributed by atoms with van der Waals surface area (Å²) in [5, 5.41) is 0. The molecule has 1 aromatic heterocycles. The summed E-state index contributed by atoms with van der Waals surface area (Å²) in [5.74, 6) is 1.14. The standard InChI is InChI=1S/C23H25FN4O/c1-29-20-10-4-16(5-11-20)14-28-12-2-3-18(15-28)22-21(13-26-23(25)27-22)17-6-8-19(24)9-7-17/h4-11,13,18H,2-3,12,14-15H2,1H3,(H2,25,26,27)/t18-/m1/s1. The van der Waals surface area contributed by atoms with Gasteiger partial charge in [-0.05, 0) is 54.8 Å². The smallest absolute Gasteiger partial charge is 0.220 e. The highest BCUT2D eigenvalue weighted by atomic mass is 19.1. The molecular weight excluding hydrogens is 367 g/mol. The van der Waals surface area contributed by atoms with Crippen molar-refractivity contribution in [1.29, 1.82) is 0 Å². The summed E-state index contributed by atoms with van der Waals surface area (Å²) in [7, 11) is 1.68. The summed E-state index contributed by atoms with van der Waals surface area (Å²) in [6.45, 7) is 2.83. The number of aromatic nitrogens is 2. The summed E-state index contributed by atoms with van der Waals surface area (Å²) in [4.78, 5) is 11.2. The second-order valence-corrected chi connectivity index (χ2v) is 7.46. The van der Waals surface area contributed by atoms with E-state index in [2.05, 4.69) is 27.0 Å². The molecule has 1 fully saturated rings. The normalized spacial score (nSPS) is 17.2. The Morgan fingerprint density at radius 3 is 2.62 bits per heavy atom. The van der Waals surface area contributed by atoms with Crippen LogP contribution in [0.2, 0.25) is 0 Å². The van der Waals surface area contributed by atoms with Crippen molar-refractivity contribution in [2.45, 2.75) is 25.3 Å². The quantitative estimate of drug-likeness (QED) is 0.703. The zero-order valence-electron chi connectivity index (χ0n) is 16.5. The van der Waals surface area contributed by atoms with E-state index in [1.165, 1.54) is 17.7 Å². The monoisotopic (exact) mass is 392 g/mol. The molecule has 3 aromatic rings. The van der Waals surface area contributed by atoms with Gasteiger partial charge in [0, 0.05) is 30.8 Å². The number of halogens is 1. The average Bonchev–Trinajstić information content (AvgIpc) is 2.75. The first-order valence-corrected chi connectivity index (χ1v) is 9.86. The van der Waals surface area contributed by atoms with Crippen LogP contribution in [-0.2, 0) is 6.54 Å². The molecule has 0 radical (unpaired) electrons. The Morgan fingerprint density at radius 2 is 1.90 bits per heavy atom. The fourth-order valence-electron chi connectivity index (χ4n) is 3.98. The van der Waals surface area contributed by atoms with Crippen molar-refractivity contribution >= 4 is 5.95 Å². The number of methoxy groups -OCH3 is 1. The molecule has 1 aliphatic rings. The van der Waals surface area contributed by atoms with Crippen LogP contribution in [0.25, 0.3) is 11.1 Å². The molecule has 6 heteroatoms. The van der Waals surface area contributed by atoms with Gasteiger partial charge in [0.15, 0.2) is 0 Å². The number of piperidine rings is 1. The highest BCUT2D eigenvalue weighted by molar-refractivity contribution is 5.66. The fraction of sp³-hybridized carbons (Fsp3) is 0.304. The van der Waals surface area contributed by atoms with E-state index in [1.807, 2.05) is 12.1 Å². The van der Waals surface area contributed by atoms with Gasteiger partial charge in [0.2, 0.25) is 5.95 Å². The topological polar surface area (TPSA) is 64.3 Å². The number of nitrogens with two attached hydrogens (primary N) is 1. The van der Waals surface area contributed by atoms with Crippen LogP contribution in [0, 0.1) is 5.82 Å². The molecule has 4 rings (SSSR count). The first-order chi connectivity index (χ1) is 14.1. The number of likely N-dealkylation sites (tertiary alicyclic amines) is 1. The number of nitrogen functional groups attached to an aromatic ring is 1. The lowest BCUT2D eigenvalue weighted by molar-refractivity contribution is 0.198. The Kier molecular flexibility index (Phi) is 5.71. The second-order valence-electron chi connectivity index (χ2n) is 7.46. The molecule has 1 atom stereocenters. The highest BCUT2D eigenvalue weighted by Gasteiger charge is 2.25. The molecule has 2 N–H and O–H groups in total. The van der Waals surface area contributed by atoms with Crippen molar-refractivity contribution < 1.29 is 9.13 Å². The number of hydrogen-bond acceptors (Lipinski definition) is 5. The van der Waals surface area contributed by atoms with E-state index in [1.54, 1.807) is 25.4 Å². The predicted molar refractivity (Wildman–Crippen MR) is 112 cm³/mol. The van der Waals surface area contributed by atoms with E-state index in [0.717, 1.165) is 55.0 Å². The molecular formula is C23H25FN4O. The van der Waals surface area contributed by atoms with E-state index in [-0.39, 0.29) is 17.7 Å². The number of nitrogens with zero attached hydrogens (tertiary/aromatic N) is 3. The molecule has 1 saturated heterocycles. The van der Waals surface area contributed by atoms with Gasteiger partial charge < -0.3 is 10.5 Å². The molecule has 0 unspecified atom stereocenters. The largest absolute Gasteiger partial charge is 0.497 e. The summed E-state index contributed by atoms with van der Waals surface area (Å²) in [5.41, 5.74) is 9.96. The van der Waals surface area contributed by atoms with Crippen LogP contribution >= 0.6 is 0 Å². The number of hydrogen-bond donors (Lipinski definition) is 1. The Hall–Kier alpha value is -2.99. The van der Waals surface area contributed by atoms with Crippen LogP contribution in [0.3, 0.4) is 0 Å². The third-order valence-electron chi connectivity index (χ3n) is 5.45. The van der Waals surface area contributed by atoms with Gasteiger partial charge in [0.25, 0.3) is 0 Å². The van der Waals surface area contributed by atoms with Gasteiger partial charge in [-0.25, -0.2) is 14.4 Å². The molecule has 1 aliphatic heterocycles. The van der Waals surface area contributed by atoms with Gasteiger partial charge in [-0.1, -0.05) is 24.3 Å². The third-order valence-corrected chi connectivity index (χ3v) is 5.45. The zero-order valence-corrected chi connectivity index (χ0v) is 16.5. The van der Waals surface area contributed by atoms with Crippen LogP contribution in [0.5, 0.6) is 5.75 Å². The van der Waals surface area contributed by atoms with Crippen molar-refractivity contribution in [2.24, 2.45) is 0 Å². The molecule has 0 aliphatic carbocycles. The molecule has 29 heavy (non-hydrogen) atoms. The Balaban J connectivity index is 1.56. The van der Waals surface area contributed by atoms with E-state index in [9.17, 15) is 4.39 Å². The minimum atomic E-state index is -0.255. The molecule has 0 saturated carbocycles. The van der Waals surface area contributed by atoms with E-state index >= 15 is 0 Å². The van der Waals surface area contributed by atoms with Gasteiger partial charge in [-0.3, -0.25) is 4.90 Å². The van der Waals surface area contributed by atoms with Gasteiger partial charge in [0.1, 0.15) is 11.6 Å². The summed E-state index contributed by atoms with van der Waals surface area (Å²) >= 11 is 0. The van der Waals surface area contributed by atoms with Crippen molar-refractivity contribution in [3.63, 3.8) is 0 Å². The first-order valence-electron chi connectivity index (χ1n) is 9.86. The summed E-state index contributed by atoms with van der Waals surface area (Å²) in [6, 6.07) is 14.7. The van der Waals surface area contributed by atoms with Gasteiger partial charge in [0.05, 0.1) is 12.8 Å². The van der Waals surface area contributed by atoms with Crippen molar-refractivity contribution in [1.82, 2.24) is 14.9 Å². The Morgan fingerprint density at radius 1 is 1.14 bits per heavy atom. The van der Waals surface area contributed by atoms with Crippen molar-refractivity contribution in [3.05, 3.63) is 71.8 Å². The van der Waals surface area contributed by atoms with Gasteiger partial charge in [-0.15, -0.1) is 0 Å². The first kappa shape index (κ1) is 19.3. The van der Waals surface area contributed by atoms with Crippen LogP contribution in [0.4, 0.5) is 10.3 Å². The number of anilines is 1. The van der Waals surface area contributed by atoms with Crippen LogP contribution < -0.4 is 10.5 Å². The number of ether oxygens (including phenoxy) is 1. The molecule has 5 nitrogen and oxygen atoms in total. The summed E-state index contributed by atoms with van der Waals surface area (Å²) < 4.78 is 18.6. The number of rotatable bonds is 5. The maximum Gasteiger partial charge on any atom is 0.220 e. The maximum absolute atomic E-state index is 13.4. The van der Waals surface area contributed by atoms with Gasteiger partial charge >= 0.3 is 0 Å². The molecule has 2 aromatic carbocycles.